The smallest absolute Gasteiger partial charge is 0.308 e. The maximum Gasteiger partial charge on any atom is 0.323 e. The van der Waals surface area contributed by atoms with Crippen molar-refractivity contribution in [1.29, 1.82) is 0 Å². The van der Waals surface area contributed by atoms with Crippen molar-refractivity contribution >= 4 is 66.2 Å². The summed E-state index contributed by atoms with van der Waals surface area (Å²) in [7, 11) is -3.97. The number of amides is 4. The number of hydrogen-bond acceptors (Lipinski definition) is 4. The summed E-state index contributed by atoms with van der Waals surface area (Å²) in [6, 6.07) is 37.6. The highest BCUT2D eigenvalue weighted by atomic mass is 32.2. The van der Waals surface area contributed by atoms with Gasteiger partial charge in [0.2, 0.25) is 9.84 Å². The third-order valence-corrected chi connectivity index (χ3v) is 8.63. The Labute approximate surface area is 248 Å². The van der Waals surface area contributed by atoms with Gasteiger partial charge in [0, 0.05) is 22.1 Å². The third-order valence-electron chi connectivity index (χ3n) is 6.88. The Morgan fingerprint density at radius 2 is 0.837 bits per heavy atom. The number of sulfone groups is 1. The quantitative estimate of drug-likeness (QED) is 0.158. The molecule has 0 spiro atoms. The van der Waals surface area contributed by atoms with Crippen LogP contribution in [0, 0.1) is 0 Å². The molecule has 0 aliphatic carbocycles. The lowest BCUT2D eigenvalue weighted by molar-refractivity contribution is 0.261. The van der Waals surface area contributed by atoms with E-state index in [1.807, 2.05) is 72.8 Å². The Morgan fingerprint density at radius 1 is 0.442 bits per heavy atom. The molecule has 0 bridgehead atoms. The molecule has 6 rings (SSSR count). The second kappa shape index (κ2) is 11.7. The fraction of sp³-hybridized carbons (Fsp3) is 0. The maximum absolute atomic E-state index is 13.5. The van der Waals surface area contributed by atoms with Crippen molar-refractivity contribution in [3.8, 4) is 0 Å². The number of carbonyl (C=O) groups excluding carboxylic acids is 2. The van der Waals surface area contributed by atoms with Gasteiger partial charge in [0.05, 0.1) is 21.2 Å². The lowest BCUT2D eigenvalue weighted by Crippen LogP contribution is -2.20. The van der Waals surface area contributed by atoms with E-state index >= 15 is 0 Å². The van der Waals surface area contributed by atoms with E-state index in [1.165, 1.54) is 24.3 Å². The Balaban J connectivity index is 1.16. The molecule has 212 valence electrons. The number of carbonyl (C=O) groups is 2. The van der Waals surface area contributed by atoms with Gasteiger partial charge < -0.3 is 21.3 Å². The summed E-state index contributed by atoms with van der Waals surface area (Å²) >= 11 is 0. The second-order valence-corrected chi connectivity index (χ2v) is 11.7. The first-order chi connectivity index (χ1) is 20.9. The number of rotatable bonds is 6. The van der Waals surface area contributed by atoms with Crippen LogP contribution in [0.5, 0.6) is 0 Å². The molecule has 0 heterocycles. The summed E-state index contributed by atoms with van der Waals surface area (Å²) in [5, 5.41) is 14.8. The highest BCUT2D eigenvalue weighted by Gasteiger charge is 2.19. The van der Waals surface area contributed by atoms with Crippen molar-refractivity contribution in [1.82, 2.24) is 0 Å². The molecule has 0 saturated heterocycles. The van der Waals surface area contributed by atoms with Crippen LogP contribution in [0.25, 0.3) is 21.5 Å². The molecule has 9 heteroatoms. The number of nitrogens with one attached hydrogen (secondary N) is 4. The molecule has 8 nitrogen and oxygen atoms in total. The molecule has 0 radical (unpaired) electrons. The van der Waals surface area contributed by atoms with Crippen LogP contribution in [-0.4, -0.2) is 20.5 Å². The highest BCUT2D eigenvalue weighted by Crippen LogP contribution is 2.27. The van der Waals surface area contributed by atoms with E-state index in [2.05, 4.69) is 21.3 Å². The van der Waals surface area contributed by atoms with E-state index in [0.717, 1.165) is 21.5 Å². The molecule has 0 atom stereocenters. The normalized spacial score (nSPS) is 11.2. The molecule has 4 N–H and O–H groups in total. The van der Waals surface area contributed by atoms with E-state index in [0.29, 0.717) is 22.7 Å². The van der Waals surface area contributed by atoms with E-state index in [1.54, 1.807) is 36.4 Å². The highest BCUT2D eigenvalue weighted by molar-refractivity contribution is 7.91. The van der Waals surface area contributed by atoms with Crippen LogP contribution in [0.3, 0.4) is 0 Å². The van der Waals surface area contributed by atoms with Crippen molar-refractivity contribution in [2.45, 2.75) is 9.79 Å². The Kier molecular flexibility index (Phi) is 7.46. The summed E-state index contributed by atoms with van der Waals surface area (Å²) in [6.07, 6.45) is 0. The van der Waals surface area contributed by atoms with Gasteiger partial charge in [-0.25, -0.2) is 18.0 Å². The Bertz CT molecular complexity index is 1960. The van der Waals surface area contributed by atoms with Crippen LogP contribution in [0.2, 0.25) is 0 Å². The van der Waals surface area contributed by atoms with Crippen molar-refractivity contribution in [2.75, 3.05) is 21.3 Å². The number of benzene rings is 6. The summed E-state index contributed by atoms with van der Waals surface area (Å²) < 4.78 is 27.1. The first-order valence-electron chi connectivity index (χ1n) is 13.4. The number of urea groups is 2. The minimum Gasteiger partial charge on any atom is -0.308 e. The van der Waals surface area contributed by atoms with Gasteiger partial charge in [-0.15, -0.1) is 0 Å². The molecule has 0 unspecified atom stereocenters. The fourth-order valence-corrected chi connectivity index (χ4v) is 6.21. The van der Waals surface area contributed by atoms with Crippen molar-refractivity contribution in [3.05, 3.63) is 133 Å². The number of hydrogen-bond donors (Lipinski definition) is 4. The van der Waals surface area contributed by atoms with Crippen LogP contribution in [0.15, 0.2) is 143 Å². The van der Waals surface area contributed by atoms with Gasteiger partial charge in [-0.2, -0.15) is 0 Å². The average molecular weight is 587 g/mol. The zero-order chi connectivity index (χ0) is 29.8. The lowest BCUT2D eigenvalue weighted by atomic mass is 10.1. The fourth-order valence-electron chi connectivity index (χ4n) is 4.86. The molecule has 43 heavy (non-hydrogen) atoms. The first kappa shape index (κ1) is 27.5. The van der Waals surface area contributed by atoms with Crippen LogP contribution >= 0.6 is 0 Å². The van der Waals surface area contributed by atoms with Crippen LogP contribution in [-0.2, 0) is 9.84 Å². The van der Waals surface area contributed by atoms with Crippen molar-refractivity contribution in [2.24, 2.45) is 0 Å². The molecule has 0 aromatic heterocycles. The molecule has 0 aliphatic heterocycles. The topological polar surface area (TPSA) is 116 Å². The predicted octanol–water partition coefficient (Wildman–Crippen LogP) is 8.11. The molecule has 0 saturated carbocycles. The Morgan fingerprint density at radius 3 is 1.30 bits per heavy atom. The van der Waals surface area contributed by atoms with Gasteiger partial charge in [0.1, 0.15) is 0 Å². The van der Waals surface area contributed by atoms with Gasteiger partial charge >= 0.3 is 12.1 Å². The van der Waals surface area contributed by atoms with E-state index < -0.39 is 21.9 Å². The van der Waals surface area contributed by atoms with Gasteiger partial charge in [-0.05, 0) is 59.3 Å². The zero-order valence-corrected chi connectivity index (χ0v) is 23.6. The third kappa shape index (κ3) is 6.02. The molecule has 0 fully saturated rings. The molecule has 6 aromatic carbocycles. The molecule has 6 aromatic rings. The lowest BCUT2D eigenvalue weighted by Gasteiger charge is -2.12. The second-order valence-electron chi connectivity index (χ2n) is 9.77. The van der Waals surface area contributed by atoms with Crippen LogP contribution < -0.4 is 21.3 Å². The largest absolute Gasteiger partial charge is 0.323 e. The molecule has 0 aliphatic rings. The van der Waals surface area contributed by atoms with Gasteiger partial charge in [0.15, 0.2) is 0 Å². The summed E-state index contributed by atoms with van der Waals surface area (Å²) in [5.41, 5.74) is 1.88. The Hall–Kier alpha value is -5.67. The zero-order valence-electron chi connectivity index (χ0n) is 22.7. The van der Waals surface area contributed by atoms with E-state index in [-0.39, 0.29) is 9.79 Å². The van der Waals surface area contributed by atoms with E-state index in [4.69, 9.17) is 0 Å². The van der Waals surface area contributed by atoms with Crippen LogP contribution in [0.1, 0.15) is 0 Å². The van der Waals surface area contributed by atoms with Crippen molar-refractivity contribution in [3.63, 3.8) is 0 Å². The monoisotopic (exact) mass is 586 g/mol. The minimum absolute atomic E-state index is 0.00665. The van der Waals surface area contributed by atoms with Crippen LogP contribution in [0.4, 0.5) is 32.3 Å². The number of anilines is 4. The van der Waals surface area contributed by atoms with Gasteiger partial charge in [-0.3, -0.25) is 0 Å². The van der Waals surface area contributed by atoms with Crippen molar-refractivity contribution < 1.29 is 18.0 Å². The first-order valence-corrected chi connectivity index (χ1v) is 14.9. The standard InChI is InChI=1S/C34H26N4O4S/c39-33(37-31-19-5-11-23-9-1-3-17-29(23)31)35-25-13-7-15-27(21-25)43(41,42)28-16-8-14-26(22-28)36-34(40)38-32-20-6-12-24-10-2-4-18-30(24)32/h1-22H,(H2,35,37,39)(H2,36,38,40). The van der Waals surface area contributed by atoms with Gasteiger partial charge in [-0.1, -0.05) is 84.9 Å². The summed E-state index contributed by atoms with van der Waals surface area (Å²) in [5.74, 6) is 0. The SMILES string of the molecule is O=C(Nc1cccc(S(=O)(=O)c2cccc(NC(=O)Nc3cccc4ccccc34)c2)c1)Nc1cccc2ccccc12. The summed E-state index contributed by atoms with van der Waals surface area (Å²) in [4.78, 5) is 25.6. The van der Waals surface area contributed by atoms with E-state index in [9.17, 15) is 18.0 Å². The molecular weight excluding hydrogens is 560 g/mol. The van der Waals surface area contributed by atoms with Gasteiger partial charge in [0.25, 0.3) is 0 Å². The molecule has 4 amide bonds. The number of fused-ring (bicyclic) bond motifs is 2. The maximum atomic E-state index is 13.5. The summed E-state index contributed by atoms with van der Waals surface area (Å²) in [6.45, 7) is 0. The predicted molar refractivity (Wildman–Crippen MR) is 172 cm³/mol. The molecular formula is C34H26N4O4S. The minimum atomic E-state index is -3.97. The average Bonchev–Trinajstić information content (AvgIpc) is 3.02.